The van der Waals surface area contributed by atoms with Crippen molar-refractivity contribution in [2.45, 2.75) is 58.4 Å². The van der Waals surface area contributed by atoms with Crippen LogP contribution in [-0.2, 0) is 0 Å². The van der Waals surface area contributed by atoms with Gasteiger partial charge in [0.05, 0.1) is 0 Å². The fourth-order valence-corrected chi connectivity index (χ4v) is 2.37. The molecule has 1 heterocycles. The molecule has 1 saturated carbocycles. The molecule has 0 aliphatic heterocycles. The molecule has 1 fully saturated rings. The van der Waals surface area contributed by atoms with Gasteiger partial charge in [0, 0.05) is 11.6 Å². The van der Waals surface area contributed by atoms with Crippen molar-refractivity contribution in [2.24, 2.45) is 5.92 Å². The van der Waals surface area contributed by atoms with E-state index in [1.807, 2.05) is 0 Å². The van der Waals surface area contributed by atoms with Crippen LogP contribution in [0.2, 0.25) is 0 Å². The van der Waals surface area contributed by atoms with Crippen LogP contribution in [0.3, 0.4) is 0 Å². The second-order valence-corrected chi connectivity index (χ2v) is 5.60. The van der Waals surface area contributed by atoms with Crippen LogP contribution in [0.15, 0.2) is 6.33 Å². The number of anilines is 2. The highest BCUT2D eigenvalue weighted by Gasteiger charge is 2.25. The molecule has 1 aromatic rings. The van der Waals surface area contributed by atoms with Gasteiger partial charge in [0.15, 0.2) is 0 Å². The highest BCUT2D eigenvalue weighted by molar-refractivity contribution is 5.57. The summed E-state index contributed by atoms with van der Waals surface area (Å²) in [5, 5.41) is 3.56. The van der Waals surface area contributed by atoms with Crippen LogP contribution in [-0.4, -0.2) is 16.0 Å². The average Bonchev–Trinajstić information content (AvgIpc) is 3.11. The topological polar surface area (TPSA) is 63.8 Å². The Bertz CT molecular complexity index is 399. The number of nitrogen functional groups attached to an aromatic ring is 1. The monoisotopic (exact) mass is 248 g/mol. The molecule has 0 amide bonds. The molecule has 0 bridgehead atoms. The Hall–Kier alpha value is -1.32. The van der Waals surface area contributed by atoms with Gasteiger partial charge < -0.3 is 11.1 Å². The predicted molar refractivity (Wildman–Crippen MR) is 75.6 cm³/mol. The molecule has 18 heavy (non-hydrogen) atoms. The summed E-state index contributed by atoms with van der Waals surface area (Å²) < 4.78 is 0. The van der Waals surface area contributed by atoms with E-state index in [4.69, 9.17) is 5.73 Å². The standard InChI is InChI=1S/C14H24N4/c1-4-11(7-10-5-6-10)18-14-12(9(2)3)13(15)16-8-17-14/h8-11H,4-7H2,1-3H3,(H3,15,16,17,18). The Balaban J connectivity index is 2.13. The smallest absolute Gasteiger partial charge is 0.135 e. The molecule has 0 spiro atoms. The maximum Gasteiger partial charge on any atom is 0.135 e. The van der Waals surface area contributed by atoms with E-state index in [0.717, 1.165) is 23.7 Å². The highest BCUT2D eigenvalue weighted by Crippen LogP contribution is 2.35. The molecule has 1 aromatic heterocycles. The highest BCUT2D eigenvalue weighted by atomic mass is 15.1. The van der Waals surface area contributed by atoms with Gasteiger partial charge in [0.2, 0.25) is 0 Å². The molecule has 100 valence electrons. The van der Waals surface area contributed by atoms with Gasteiger partial charge in [-0.1, -0.05) is 33.6 Å². The first kappa shape index (κ1) is 13.1. The van der Waals surface area contributed by atoms with Crippen molar-refractivity contribution in [3.05, 3.63) is 11.9 Å². The number of hydrogen-bond donors (Lipinski definition) is 2. The van der Waals surface area contributed by atoms with E-state index in [9.17, 15) is 0 Å². The van der Waals surface area contributed by atoms with Gasteiger partial charge in [-0.2, -0.15) is 0 Å². The second kappa shape index (κ2) is 5.55. The zero-order valence-electron chi connectivity index (χ0n) is 11.6. The number of rotatable bonds is 6. The summed E-state index contributed by atoms with van der Waals surface area (Å²) in [6, 6.07) is 0.504. The molecule has 0 aromatic carbocycles. The Morgan fingerprint density at radius 1 is 1.39 bits per heavy atom. The lowest BCUT2D eigenvalue weighted by molar-refractivity contribution is 0.583. The molecule has 2 rings (SSSR count). The Morgan fingerprint density at radius 2 is 2.11 bits per heavy atom. The zero-order valence-corrected chi connectivity index (χ0v) is 11.6. The Kier molecular flexibility index (Phi) is 4.04. The van der Waals surface area contributed by atoms with E-state index in [1.54, 1.807) is 6.33 Å². The predicted octanol–water partition coefficient (Wildman–Crippen LogP) is 3.17. The molecule has 3 N–H and O–H groups in total. The summed E-state index contributed by atoms with van der Waals surface area (Å²) in [5.74, 6) is 2.78. The lowest BCUT2D eigenvalue weighted by Gasteiger charge is -2.21. The van der Waals surface area contributed by atoms with E-state index in [0.29, 0.717) is 17.8 Å². The van der Waals surface area contributed by atoms with E-state index in [1.165, 1.54) is 19.3 Å². The second-order valence-electron chi connectivity index (χ2n) is 5.60. The average molecular weight is 248 g/mol. The van der Waals surface area contributed by atoms with Gasteiger partial charge in [0.1, 0.15) is 18.0 Å². The number of aromatic nitrogens is 2. The molecule has 1 atom stereocenters. The van der Waals surface area contributed by atoms with Crippen molar-refractivity contribution in [1.82, 2.24) is 9.97 Å². The van der Waals surface area contributed by atoms with Crippen LogP contribution in [0, 0.1) is 5.92 Å². The third kappa shape index (κ3) is 3.12. The Morgan fingerprint density at radius 3 is 2.67 bits per heavy atom. The van der Waals surface area contributed by atoms with Gasteiger partial charge in [-0.15, -0.1) is 0 Å². The minimum atomic E-state index is 0.340. The van der Waals surface area contributed by atoms with E-state index in [2.05, 4.69) is 36.1 Å². The van der Waals surface area contributed by atoms with Crippen LogP contribution >= 0.6 is 0 Å². The molecule has 1 aliphatic rings. The van der Waals surface area contributed by atoms with Gasteiger partial charge in [-0.25, -0.2) is 9.97 Å². The first-order chi connectivity index (χ1) is 8.61. The molecule has 1 aliphatic carbocycles. The van der Waals surface area contributed by atoms with Crippen LogP contribution < -0.4 is 11.1 Å². The van der Waals surface area contributed by atoms with Crippen molar-refractivity contribution in [3.63, 3.8) is 0 Å². The number of hydrogen-bond acceptors (Lipinski definition) is 4. The van der Waals surface area contributed by atoms with Gasteiger partial charge >= 0.3 is 0 Å². The normalized spacial score (nSPS) is 16.9. The molecule has 1 unspecified atom stereocenters. The number of nitrogens with zero attached hydrogens (tertiary/aromatic N) is 2. The van der Waals surface area contributed by atoms with Gasteiger partial charge in [-0.05, 0) is 24.7 Å². The maximum atomic E-state index is 5.96. The van der Waals surface area contributed by atoms with Gasteiger partial charge in [-0.3, -0.25) is 0 Å². The quantitative estimate of drug-likeness (QED) is 0.811. The summed E-state index contributed by atoms with van der Waals surface area (Å²) in [6.07, 6.45) is 6.70. The van der Waals surface area contributed by atoms with E-state index < -0.39 is 0 Å². The summed E-state index contributed by atoms with van der Waals surface area (Å²) in [5.41, 5.74) is 7.01. The van der Waals surface area contributed by atoms with Crippen LogP contribution in [0.25, 0.3) is 0 Å². The molecule has 4 heteroatoms. The molecular weight excluding hydrogens is 224 g/mol. The lowest BCUT2D eigenvalue weighted by atomic mass is 10.0. The van der Waals surface area contributed by atoms with Crippen LogP contribution in [0.1, 0.15) is 57.9 Å². The van der Waals surface area contributed by atoms with E-state index >= 15 is 0 Å². The third-order valence-electron chi connectivity index (χ3n) is 3.64. The third-order valence-corrected chi connectivity index (χ3v) is 3.64. The minimum absolute atomic E-state index is 0.340. The van der Waals surface area contributed by atoms with Crippen molar-refractivity contribution >= 4 is 11.6 Å². The number of nitrogens with two attached hydrogens (primary N) is 1. The van der Waals surface area contributed by atoms with Gasteiger partial charge in [0.25, 0.3) is 0 Å². The molecule has 0 radical (unpaired) electrons. The lowest BCUT2D eigenvalue weighted by Crippen LogP contribution is -2.21. The fraction of sp³-hybridized carbons (Fsp3) is 0.714. The zero-order chi connectivity index (χ0) is 13.1. The summed E-state index contributed by atoms with van der Waals surface area (Å²) in [7, 11) is 0. The van der Waals surface area contributed by atoms with Crippen LogP contribution in [0.5, 0.6) is 0 Å². The fourth-order valence-electron chi connectivity index (χ4n) is 2.37. The SMILES string of the molecule is CCC(CC1CC1)Nc1ncnc(N)c1C(C)C. The van der Waals surface area contributed by atoms with Crippen molar-refractivity contribution in [3.8, 4) is 0 Å². The maximum absolute atomic E-state index is 5.96. The van der Waals surface area contributed by atoms with E-state index in [-0.39, 0.29) is 0 Å². The summed E-state index contributed by atoms with van der Waals surface area (Å²) in [6.45, 7) is 6.48. The number of nitrogens with one attached hydrogen (secondary N) is 1. The van der Waals surface area contributed by atoms with Crippen molar-refractivity contribution in [1.29, 1.82) is 0 Å². The largest absolute Gasteiger partial charge is 0.383 e. The van der Waals surface area contributed by atoms with Crippen LogP contribution in [0.4, 0.5) is 11.6 Å². The summed E-state index contributed by atoms with van der Waals surface area (Å²) >= 11 is 0. The minimum Gasteiger partial charge on any atom is -0.383 e. The first-order valence-corrected chi connectivity index (χ1v) is 6.98. The first-order valence-electron chi connectivity index (χ1n) is 6.98. The Labute approximate surface area is 109 Å². The van der Waals surface area contributed by atoms with Crippen molar-refractivity contribution in [2.75, 3.05) is 11.1 Å². The molecule has 0 saturated heterocycles. The van der Waals surface area contributed by atoms with Crippen molar-refractivity contribution < 1.29 is 0 Å². The summed E-state index contributed by atoms with van der Waals surface area (Å²) in [4.78, 5) is 8.47. The molecule has 4 nitrogen and oxygen atoms in total. The molecular formula is C14H24N4.